The number of nitrogens with zero attached hydrogens (tertiary/aromatic N) is 1. The van der Waals surface area contributed by atoms with Crippen LogP contribution in [0.1, 0.15) is 38.4 Å². The number of piperidine rings is 1. The first-order chi connectivity index (χ1) is 9.37. The van der Waals surface area contributed by atoms with Crippen molar-refractivity contribution < 1.29 is 15.0 Å². The van der Waals surface area contributed by atoms with Crippen molar-refractivity contribution in [2.45, 2.75) is 38.4 Å². The van der Waals surface area contributed by atoms with E-state index in [-0.39, 0.29) is 6.03 Å². The number of nitrogens with one attached hydrogen (secondary N) is 1. The summed E-state index contributed by atoms with van der Waals surface area (Å²) in [6.07, 6.45) is 0.624. The van der Waals surface area contributed by atoms with Crippen LogP contribution in [0.3, 0.4) is 0 Å². The molecule has 2 amide bonds. The summed E-state index contributed by atoms with van der Waals surface area (Å²) in [4.78, 5) is 13.8. The molecular weight excluding hydrogens is 256 g/mol. The van der Waals surface area contributed by atoms with Crippen molar-refractivity contribution in [3.05, 3.63) is 29.8 Å². The number of rotatable bonds is 2. The molecule has 1 saturated heterocycles. The Balaban J connectivity index is 1.96. The Bertz CT molecular complexity index is 476. The van der Waals surface area contributed by atoms with Crippen molar-refractivity contribution in [1.82, 2.24) is 4.90 Å². The summed E-state index contributed by atoms with van der Waals surface area (Å²) < 4.78 is 0. The van der Waals surface area contributed by atoms with Gasteiger partial charge in [-0.15, -0.1) is 0 Å². The highest BCUT2D eigenvalue weighted by Crippen LogP contribution is 2.22. The fourth-order valence-corrected chi connectivity index (χ4v) is 2.27. The zero-order valence-corrected chi connectivity index (χ0v) is 12.0. The van der Waals surface area contributed by atoms with Gasteiger partial charge in [-0.1, -0.05) is 12.1 Å². The number of anilines is 1. The molecule has 2 rings (SSSR count). The van der Waals surface area contributed by atoms with Crippen LogP contribution in [0.15, 0.2) is 24.3 Å². The first-order valence-corrected chi connectivity index (χ1v) is 6.94. The number of hydrogen-bond acceptors (Lipinski definition) is 3. The number of carbonyl (C=O) groups excluding carboxylic acids is 1. The summed E-state index contributed by atoms with van der Waals surface area (Å²) in [6, 6.07) is 7.02. The Hall–Kier alpha value is -1.59. The van der Waals surface area contributed by atoms with Crippen molar-refractivity contribution >= 4 is 11.7 Å². The molecule has 1 aliphatic rings. The number of aliphatic hydroxyl groups excluding tert-OH is 1. The van der Waals surface area contributed by atoms with Gasteiger partial charge in [0.1, 0.15) is 0 Å². The molecule has 0 saturated carbocycles. The molecule has 5 heteroatoms. The Morgan fingerprint density at radius 1 is 1.40 bits per heavy atom. The topological polar surface area (TPSA) is 72.8 Å². The van der Waals surface area contributed by atoms with E-state index >= 15 is 0 Å². The van der Waals surface area contributed by atoms with Crippen LogP contribution in [-0.4, -0.2) is 39.8 Å². The van der Waals surface area contributed by atoms with Gasteiger partial charge in [0.25, 0.3) is 0 Å². The number of likely N-dealkylation sites (tertiary alicyclic amines) is 1. The van der Waals surface area contributed by atoms with E-state index in [0.717, 1.165) is 5.56 Å². The number of urea groups is 1. The molecule has 20 heavy (non-hydrogen) atoms. The highest BCUT2D eigenvalue weighted by molar-refractivity contribution is 5.89. The van der Waals surface area contributed by atoms with Crippen LogP contribution in [0.2, 0.25) is 0 Å². The molecule has 0 spiro atoms. The monoisotopic (exact) mass is 278 g/mol. The second-order valence-corrected chi connectivity index (χ2v) is 5.72. The van der Waals surface area contributed by atoms with Crippen LogP contribution in [0.25, 0.3) is 0 Å². The minimum atomic E-state index is -0.664. The molecule has 0 bridgehead atoms. The molecule has 0 radical (unpaired) electrons. The number of aliphatic hydroxyl groups is 2. The van der Waals surface area contributed by atoms with Crippen molar-refractivity contribution in [3.63, 3.8) is 0 Å². The smallest absolute Gasteiger partial charge is 0.321 e. The van der Waals surface area contributed by atoms with Crippen LogP contribution >= 0.6 is 0 Å². The third-order valence-corrected chi connectivity index (χ3v) is 3.75. The number of carbonyl (C=O) groups is 1. The molecule has 0 aromatic heterocycles. The SMILES string of the molecule is CC(O)c1cccc(NC(=O)N2CCC(C)(O)CC2)c1. The van der Waals surface area contributed by atoms with Gasteiger partial charge in [0.2, 0.25) is 0 Å². The second-order valence-electron chi connectivity index (χ2n) is 5.72. The molecule has 1 aliphatic heterocycles. The average Bonchev–Trinajstić information content (AvgIpc) is 2.38. The predicted molar refractivity (Wildman–Crippen MR) is 77.5 cm³/mol. The van der Waals surface area contributed by atoms with Crippen LogP contribution in [0, 0.1) is 0 Å². The second kappa shape index (κ2) is 5.81. The van der Waals surface area contributed by atoms with Gasteiger partial charge in [-0.2, -0.15) is 0 Å². The van der Waals surface area contributed by atoms with Crippen LogP contribution in [-0.2, 0) is 0 Å². The number of hydrogen-bond donors (Lipinski definition) is 3. The molecular formula is C15H22N2O3. The Morgan fingerprint density at radius 3 is 2.65 bits per heavy atom. The summed E-state index contributed by atoms with van der Waals surface area (Å²) in [5.74, 6) is 0. The van der Waals surface area contributed by atoms with Crippen LogP contribution < -0.4 is 5.32 Å². The van der Waals surface area contributed by atoms with E-state index in [1.807, 2.05) is 6.07 Å². The Kier molecular flexibility index (Phi) is 4.30. The minimum Gasteiger partial charge on any atom is -0.390 e. The molecule has 1 fully saturated rings. The van der Waals surface area contributed by atoms with Gasteiger partial charge >= 0.3 is 6.03 Å². The molecule has 3 N–H and O–H groups in total. The van der Waals surface area contributed by atoms with E-state index in [1.54, 1.807) is 36.9 Å². The summed E-state index contributed by atoms with van der Waals surface area (Å²) >= 11 is 0. The third kappa shape index (κ3) is 3.71. The maximum Gasteiger partial charge on any atom is 0.321 e. The minimum absolute atomic E-state index is 0.164. The molecule has 5 nitrogen and oxygen atoms in total. The molecule has 1 aromatic rings. The highest BCUT2D eigenvalue weighted by atomic mass is 16.3. The van der Waals surface area contributed by atoms with Gasteiger partial charge in [0.05, 0.1) is 11.7 Å². The lowest BCUT2D eigenvalue weighted by atomic mass is 9.94. The molecule has 1 aromatic carbocycles. The molecule has 0 aliphatic carbocycles. The summed E-state index contributed by atoms with van der Waals surface area (Å²) in [5.41, 5.74) is 0.776. The van der Waals surface area contributed by atoms with Gasteiger partial charge in [-0.3, -0.25) is 0 Å². The Morgan fingerprint density at radius 2 is 2.05 bits per heavy atom. The molecule has 110 valence electrons. The number of amides is 2. The Labute approximate surface area is 119 Å². The standard InChI is InChI=1S/C15H22N2O3/c1-11(18)12-4-3-5-13(10-12)16-14(19)17-8-6-15(2,20)7-9-17/h3-5,10-11,18,20H,6-9H2,1-2H3,(H,16,19). The summed E-state index contributed by atoms with van der Waals surface area (Å²) in [7, 11) is 0. The van der Waals surface area contributed by atoms with Gasteiger partial charge in [-0.25, -0.2) is 4.79 Å². The van der Waals surface area contributed by atoms with Crippen molar-refractivity contribution in [2.75, 3.05) is 18.4 Å². The maximum absolute atomic E-state index is 12.1. The lowest BCUT2D eigenvalue weighted by molar-refractivity contribution is 0.00570. The fraction of sp³-hybridized carbons (Fsp3) is 0.533. The molecule has 1 atom stereocenters. The predicted octanol–water partition coefficient (Wildman–Crippen LogP) is 2.12. The normalized spacial score (nSPS) is 19.5. The van der Waals surface area contributed by atoms with E-state index in [9.17, 15) is 15.0 Å². The zero-order valence-electron chi connectivity index (χ0n) is 12.0. The van der Waals surface area contributed by atoms with E-state index in [1.165, 1.54) is 0 Å². The van der Waals surface area contributed by atoms with Crippen molar-refractivity contribution in [1.29, 1.82) is 0 Å². The third-order valence-electron chi connectivity index (χ3n) is 3.75. The zero-order chi connectivity index (χ0) is 14.8. The van der Waals surface area contributed by atoms with E-state index in [2.05, 4.69) is 5.32 Å². The van der Waals surface area contributed by atoms with Gasteiger partial charge in [0.15, 0.2) is 0 Å². The molecule has 1 unspecified atom stereocenters. The van der Waals surface area contributed by atoms with Gasteiger partial charge in [-0.05, 0) is 44.4 Å². The lowest BCUT2D eigenvalue weighted by Gasteiger charge is -2.35. The largest absolute Gasteiger partial charge is 0.390 e. The van der Waals surface area contributed by atoms with Crippen LogP contribution in [0.4, 0.5) is 10.5 Å². The van der Waals surface area contributed by atoms with E-state index < -0.39 is 11.7 Å². The average molecular weight is 278 g/mol. The van der Waals surface area contributed by atoms with E-state index in [0.29, 0.717) is 31.6 Å². The fourth-order valence-electron chi connectivity index (χ4n) is 2.27. The first-order valence-electron chi connectivity index (χ1n) is 6.94. The summed E-state index contributed by atoms with van der Waals surface area (Å²) in [5, 5.41) is 22.2. The summed E-state index contributed by atoms with van der Waals surface area (Å²) in [6.45, 7) is 4.59. The van der Waals surface area contributed by atoms with Crippen molar-refractivity contribution in [3.8, 4) is 0 Å². The maximum atomic E-state index is 12.1. The van der Waals surface area contributed by atoms with Gasteiger partial charge < -0.3 is 20.4 Å². The first kappa shape index (κ1) is 14.8. The highest BCUT2D eigenvalue weighted by Gasteiger charge is 2.29. The van der Waals surface area contributed by atoms with Crippen LogP contribution in [0.5, 0.6) is 0 Å². The quantitative estimate of drug-likeness (QED) is 0.776. The van der Waals surface area contributed by atoms with E-state index in [4.69, 9.17) is 0 Å². The number of benzene rings is 1. The van der Waals surface area contributed by atoms with Gasteiger partial charge in [0, 0.05) is 18.8 Å². The van der Waals surface area contributed by atoms with Crippen molar-refractivity contribution in [2.24, 2.45) is 0 Å². The lowest BCUT2D eigenvalue weighted by Crippen LogP contribution is -2.46. The molecule has 1 heterocycles.